The summed E-state index contributed by atoms with van der Waals surface area (Å²) in [6.07, 6.45) is -3.01. The van der Waals surface area contributed by atoms with Crippen LogP contribution in [0.1, 0.15) is 16.7 Å². The molecule has 0 spiro atoms. The fraction of sp³-hybridized carbons (Fsp3) is 0.0588. The molecule has 0 radical (unpaired) electrons. The molecule has 1 aliphatic heterocycles. The second-order valence-electron chi connectivity index (χ2n) is 4.96. The molecule has 1 heterocycles. The van der Waals surface area contributed by atoms with Crippen molar-refractivity contribution >= 4 is 33.9 Å². The van der Waals surface area contributed by atoms with Crippen LogP contribution in [0.5, 0.6) is 0 Å². The van der Waals surface area contributed by atoms with E-state index in [2.05, 4.69) is 20.9 Å². The van der Waals surface area contributed by atoms with Crippen LogP contribution in [0.4, 0.5) is 13.2 Å². The highest BCUT2D eigenvalue weighted by atomic mass is 79.9. The van der Waals surface area contributed by atoms with Gasteiger partial charge in [0, 0.05) is 10.0 Å². The molecule has 24 heavy (non-hydrogen) atoms. The molecule has 0 saturated carbocycles. The molecule has 0 bridgehead atoms. The van der Waals surface area contributed by atoms with Crippen LogP contribution >= 0.6 is 15.9 Å². The highest BCUT2D eigenvalue weighted by Gasteiger charge is 2.30. The molecule has 3 rings (SSSR count). The molecule has 1 aliphatic rings. The van der Waals surface area contributed by atoms with E-state index in [0.717, 1.165) is 16.6 Å². The molecule has 122 valence electrons. The van der Waals surface area contributed by atoms with Gasteiger partial charge in [-0.15, -0.1) is 0 Å². The van der Waals surface area contributed by atoms with Gasteiger partial charge < -0.3 is 4.74 Å². The van der Waals surface area contributed by atoms with Gasteiger partial charge in [0.05, 0.1) is 5.56 Å². The van der Waals surface area contributed by atoms with E-state index in [4.69, 9.17) is 4.74 Å². The summed E-state index contributed by atoms with van der Waals surface area (Å²) < 4.78 is 43.6. The van der Waals surface area contributed by atoms with E-state index < -0.39 is 17.7 Å². The number of esters is 1. The summed E-state index contributed by atoms with van der Waals surface area (Å²) in [4.78, 5) is 16.0. The number of alkyl halides is 3. The number of hydrogen-bond donors (Lipinski definition) is 0. The monoisotopic (exact) mass is 395 g/mol. The van der Waals surface area contributed by atoms with Crippen LogP contribution in [-0.4, -0.2) is 11.9 Å². The minimum atomic E-state index is -4.40. The van der Waals surface area contributed by atoms with E-state index in [1.165, 1.54) is 18.2 Å². The Kier molecular flexibility index (Phi) is 4.28. The van der Waals surface area contributed by atoms with Gasteiger partial charge >= 0.3 is 12.1 Å². The quantitative estimate of drug-likeness (QED) is 0.540. The van der Waals surface area contributed by atoms with E-state index >= 15 is 0 Å². The number of hydrogen-bond acceptors (Lipinski definition) is 3. The van der Waals surface area contributed by atoms with E-state index in [-0.39, 0.29) is 11.6 Å². The number of carbonyl (C=O) groups excluding carboxylic acids is 1. The molecule has 0 unspecified atom stereocenters. The standard InChI is InChI=1S/C17H9BrF3NO2/c18-13-7-3-11(4-8-13)15-22-14(16(23)24-15)9-10-1-5-12(6-2-10)17(19,20)21/h1-9H. The lowest BCUT2D eigenvalue weighted by Crippen LogP contribution is -2.05. The Morgan fingerprint density at radius 2 is 1.62 bits per heavy atom. The maximum atomic E-state index is 12.5. The molecule has 0 aromatic heterocycles. The fourth-order valence-corrected chi connectivity index (χ4v) is 2.32. The Bertz CT molecular complexity index is 838. The molecule has 0 fully saturated rings. The molecule has 7 heteroatoms. The Balaban J connectivity index is 1.87. The highest BCUT2D eigenvalue weighted by molar-refractivity contribution is 9.10. The molecule has 0 aliphatic carbocycles. The van der Waals surface area contributed by atoms with Crippen LogP contribution in [0.25, 0.3) is 6.08 Å². The van der Waals surface area contributed by atoms with Crippen LogP contribution in [0.15, 0.2) is 63.7 Å². The first-order valence-electron chi connectivity index (χ1n) is 6.79. The summed E-state index contributed by atoms with van der Waals surface area (Å²) in [6, 6.07) is 11.5. The van der Waals surface area contributed by atoms with Gasteiger partial charge in [0.15, 0.2) is 5.70 Å². The van der Waals surface area contributed by atoms with Crippen molar-refractivity contribution in [1.29, 1.82) is 0 Å². The average Bonchev–Trinajstić information content (AvgIpc) is 2.89. The second kappa shape index (κ2) is 6.24. The van der Waals surface area contributed by atoms with Gasteiger partial charge in [-0.05, 0) is 48.0 Å². The van der Waals surface area contributed by atoms with Crippen molar-refractivity contribution in [2.45, 2.75) is 6.18 Å². The molecule has 0 N–H and O–H groups in total. The van der Waals surface area contributed by atoms with Crippen LogP contribution < -0.4 is 0 Å². The van der Waals surface area contributed by atoms with E-state index in [0.29, 0.717) is 11.1 Å². The molecular weight excluding hydrogens is 387 g/mol. The summed E-state index contributed by atoms with van der Waals surface area (Å²) in [5.41, 5.74) is 0.337. The molecule has 3 nitrogen and oxygen atoms in total. The van der Waals surface area contributed by atoms with Crippen molar-refractivity contribution < 1.29 is 22.7 Å². The lowest BCUT2D eigenvalue weighted by molar-refractivity contribution is -0.137. The van der Waals surface area contributed by atoms with Crippen molar-refractivity contribution in [3.05, 3.63) is 75.4 Å². The number of carbonyl (C=O) groups is 1. The van der Waals surface area contributed by atoms with Gasteiger partial charge in [-0.25, -0.2) is 9.79 Å². The number of nitrogens with zero attached hydrogens (tertiary/aromatic N) is 1. The third-order valence-electron chi connectivity index (χ3n) is 3.25. The molecule has 0 amide bonds. The third-order valence-corrected chi connectivity index (χ3v) is 3.78. The number of benzene rings is 2. The number of halogens is 4. The minimum absolute atomic E-state index is 0.0349. The number of cyclic esters (lactones) is 1. The first-order valence-corrected chi connectivity index (χ1v) is 7.58. The molecular formula is C17H9BrF3NO2. The van der Waals surface area contributed by atoms with Crippen LogP contribution in [0.3, 0.4) is 0 Å². The van der Waals surface area contributed by atoms with Gasteiger partial charge in [-0.3, -0.25) is 0 Å². The van der Waals surface area contributed by atoms with Crippen LogP contribution in [0, 0.1) is 0 Å². The Morgan fingerprint density at radius 3 is 2.21 bits per heavy atom. The Morgan fingerprint density at radius 1 is 1.00 bits per heavy atom. The van der Waals surface area contributed by atoms with Crippen LogP contribution in [0.2, 0.25) is 0 Å². The van der Waals surface area contributed by atoms with Gasteiger partial charge in [-0.1, -0.05) is 28.1 Å². The van der Waals surface area contributed by atoms with Gasteiger partial charge in [0.25, 0.3) is 0 Å². The first-order chi connectivity index (χ1) is 11.3. The molecule has 0 atom stereocenters. The van der Waals surface area contributed by atoms with E-state index in [1.54, 1.807) is 24.3 Å². The summed E-state index contributed by atoms with van der Waals surface area (Å²) >= 11 is 3.30. The first kappa shape index (κ1) is 16.4. The maximum absolute atomic E-state index is 12.5. The topological polar surface area (TPSA) is 38.7 Å². The summed E-state index contributed by atoms with van der Waals surface area (Å²) in [5, 5.41) is 0. The normalized spacial score (nSPS) is 16.2. The third kappa shape index (κ3) is 3.56. The largest absolute Gasteiger partial charge is 0.416 e. The van der Waals surface area contributed by atoms with Crippen molar-refractivity contribution in [2.24, 2.45) is 4.99 Å². The summed E-state index contributed by atoms with van der Waals surface area (Å²) in [6.45, 7) is 0. The summed E-state index contributed by atoms with van der Waals surface area (Å²) in [5.74, 6) is -0.488. The SMILES string of the molecule is O=C1OC(c2ccc(Br)cc2)=NC1=Cc1ccc(C(F)(F)F)cc1. The van der Waals surface area contributed by atoms with E-state index in [9.17, 15) is 18.0 Å². The van der Waals surface area contributed by atoms with Crippen molar-refractivity contribution in [2.75, 3.05) is 0 Å². The highest BCUT2D eigenvalue weighted by Crippen LogP contribution is 2.29. The predicted octanol–water partition coefficient (Wildman–Crippen LogP) is 4.81. The van der Waals surface area contributed by atoms with Gasteiger partial charge in [0.2, 0.25) is 5.90 Å². The van der Waals surface area contributed by atoms with Crippen molar-refractivity contribution in [1.82, 2.24) is 0 Å². The smallest absolute Gasteiger partial charge is 0.402 e. The second-order valence-corrected chi connectivity index (χ2v) is 5.88. The summed E-state index contributed by atoms with van der Waals surface area (Å²) in [7, 11) is 0. The number of rotatable bonds is 2. The Hall–Kier alpha value is -2.41. The van der Waals surface area contributed by atoms with Gasteiger partial charge in [0.1, 0.15) is 0 Å². The lowest BCUT2D eigenvalue weighted by atomic mass is 10.1. The average molecular weight is 396 g/mol. The van der Waals surface area contributed by atoms with E-state index in [1.807, 2.05) is 0 Å². The van der Waals surface area contributed by atoms with Crippen molar-refractivity contribution in [3.63, 3.8) is 0 Å². The van der Waals surface area contributed by atoms with Gasteiger partial charge in [-0.2, -0.15) is 13.2 Å². The predicted molar refractivity (Wildman–Crippen MR) is 86.2 cm³/mol. The molecule has 0 saturated heterocycles. The lowest BCUT2D eigenvalue weighted by Gasteiger charge is -2.05. The minimum Gasteiger partial charge on any atom is -0.402 e. The number of aliphatic imine (C=N–C) groups is 1. The van der Waals surface area contributed by atoms with Crippen LogP contribution in [-0.2, 0) is 15.7 Å². The zero-order chi connectivity index (χ0) is 17.3. The fourth-order valence-electron chi connectivity index (χ4n) is 2.05. The molecule has 2 aromatic rings. The number of ether oxygens (including phenoxy) is 1. The van der Waals surface area contributed by atoms with Crippen molar-refractivity contribution in [3.8, 4) is 0 Å². The molecule has 2 aromatic carbocycles. The maximum Gasteiger partial charge on any atom is 0.416 e. The zero-order valence-electron chi connectivity index (χ0n) is 12.0. The zero-order valence-corrected chi connectivity index (χ0v) is 13.6. The Labute approximate surface area is 143 Å².